The summed E-state index contributed by atoms with van der Waals surface area (Å²) in [6.45, 7) is 2.01. The molecule has 0 amide bonds. The van der Waals surface area contributed by atoms with E-state index in [4.69, 9.17) is 0 Å². The van der Waals surface area contributed by atoms with Crippen molar-refractivity contribution in [2.75, 3.05) is 23.2 Å². The van der Waals surface area contributed by atoms with Crippen molar-refractivity contribution < 1.29 is 23.1 Å². The van der Waals surface area contributed by atoms with Crippen molar-refractivity contribution in [2.45, 2.75) is 19.8 Å². The van der Waals surface area contributed by atoms with Crippen LogP contribution in [0.15, 0.2) is 18.2 Å². The summed E-state index contributed by atoms with van der Waals surface area (Å²) in [4.78, 5) is 11.4. The van der Waals surface area contributed by atoms with Gasteiger partial charge in [-0.1, -0.05) is 12.1 Å². The number of hydrogen-bond donors (Lipinski definition) is 1. The van der Waals surface area contributed by atoms with E-state index in [2.05, 4.69) is 4.74 Å². The van der Waals surface area contributed by atoms with Gasteiger partial charge < -0.3 is 9.84 Å². The maximum Gasteiger partial charge on any atom is 0.323 e. The van der Waals surface area contributed by atoms with Crippen LogP contribution in [-0.2, 0) is 26.0 Å². The molecule has 2 rings (SSSR count). The Morgan fingerprint density at radius 1 is 1.45 bits per heavy atom. The molecule has 0 saturated heterocycles. The molecule has 1 aromatic rings. The Labute approximate surface area is 118 Å². The molecular formula is C13H17NO5S. The quantitative estimate of drug-likeness (QED) is 0.840. The molecule has 0 aliphatic carbocycles. The van der Waals surface area contributed by atoms with E-state index < -0.39 is 21.7 Å². The number of sulfonamides is 1. The number of aryl methyl sites for hydroxylation is 1. The lowest BCUT2D eigenvalue weighted by Gasteiger charge is -2.30. The van der Waals surface area contributed by atoms with Crippen molar-refractivity contribution in [3.8, 4) is 5.75 Å². The summed E-state index contributed by atoms with van der Waals surface area (Å²) in [5.41, 5.74) is 1.05. The van der Waals surface area contributed by atoms with E-state index >= 15 is 0 Å². The molecule has 7 heteroatoms. The van der Waals surface area contributed by atoms with Gasteiger partial charge in [0.1, 0.15) is 5.75 Å². The molecule has 1 aliphatic heterocycles. The molecule has 0 saturated carbocycles. The lowest BCUT2D eigenvalue weighted by atomic mass is 10.0. The van der Waals surface area contributed by atoms with Crippen LogP contribution in [0.4, 0.5) is 5.69 Å². The summed E-state index contributed by atoms with van der Waals surface area (Å²) < 4.78 is 30.4. The van der Waals surface area contributed by atoms with E-state index in [9.17, 15) is 18.3 Å². The first-order valence-electron chi connectivity index (χ1n) is 6.42. The average molecular weight is 299 g/mol. The SMILES string of the molecule is CCOC(=O)CS(=O)(=O)N1CCCc2cccc(O)c21. The van der Waals surface area contributed by atoms with Gasteiger partial charge in [0.15, 0.2) is 5.75 Å². The number of nitrogens with zero attached hydrogens (tertiary/aromatic N) is 1. The zero-order valence-electron chi connectivity index (χ0n) is 11.2. The first-order valence-corrected chi connectivity index (χ1v) is 8.03. The smallest absolute Gasteiger partial charge is 0.323 e. The number of anilines is 1. The molecule has 0 atom stereocenters. The topological polar surface area (TPSA) is 83.9 Å². The minimum atomic E-state index is -3.84. The minimum absolute atomic E-state index is 0.0883. The summed E-state index contributed by atoms with van der Waals surface area (Å²) in [5, 5.41) is 9.91. The van der Waals surface area contributed by atoms with Crippen LogP contribution < -0.4 is 4.31 Å². The van der Waals surface area contributed by atoms with Crippen molar-refractivity contribution in [1.82, 2.24) is 0 Å². The third-order valence-corrected chi connectivity index (χ3v) is 4.73. The third-order valence-electron chi connectivity index (χ3n) is 3.10. The van der Waals surface area contributed by atoms with Gasteiger partial charge in [-0.2, -0.15) is 0 Å². The molecule has 110 valence electrons. The highest BCUT2D eigenvalue weighted by atomic mass is 32.2. The molecule has 0 radical (unpaired) electrons. The predicted molar refractivity (Wildman–Crippen MR) is 74.2 cm³/mol. The first-order chi connectivity index (χ1) is 9.45. The van der Waals surface area contributed by atoms with E-state index in [-0.39, 0.29) is 24.6 Å². The highest BCUT2D eigenvalue weighted by Gasteiger charge is 2.31. The van der Waals surface area contributed by atoms with E-state index in [1.54, 1.807) is 19.1 Å². The monoisotopic (exact) mass is 299 g/mol. The van der Waals surface area contributed by atoms with Gasteiger partial charge in [-0.05, 0) is 31.4 Å². The number of para-hydroxylation sites is 1. The van der Waals surface area contributed by atoms with Crippen molar-refractivity contribution in [1.29, 1.82) is 0 Å². The molecule has 0 aromatic heterocycles. The minimum Gasteiger partial charge on any atom is -0.506 e. The molecule has 0 unspecified atom stereocenters. The lowest BCUT2D eigenvalue weighted by molar-refractivity contribution is -0.139. The molecule has 1 N–H and O–H groups in total. The van der Waals surface area contributed by atoms with Crippen molar-refractivity contribution in [3.63, 3.8) is 0 Å². The van der Waals surface area contributed by atoms with Gasteiger partial charge in [0.2, 0.25) is 10.0 Å². The second kappa shape index (κ2) is 5.70. The number of phenolic OH excluding ortho intramolecular Hbond substituents is 1. The zero-order chi connectivity index (χ0) is 14.8. The van der Waals surface area contributed by atoms with Gasteiger partial charge in [0.25, 0.3) is 0 Å². The van der Waals surface area contributed by atoms with Gasteiger partial charge in [-0.25, -0.2) is 8.42 Å². The van der Waals surface area contributed by atoms with Gasteiger partial charge in [0, 0.05) is 6.54 Å². The number of phenols is 1. The summed E-state index contributed by atoms with van der Waals surface area (Å²) >= 11 is 0. The van der Waals surface area contributed by atoms with Crippen LogP contribution in [0.3, 0.4) is 0 Å². The molecule has 0 bridgehead atoms. The molecule has 1 aliphatic rings. The fourth-order valence-corrected chi connectivity index (χ4v) is 3.73. The van der Waals surface area contributed by atoms with Crippen LogP contribution in [0.25, 0.3) is 0 Å². The number of carbonyl (C=O) groups excluding carboxylic acids is 1. The normalized spacial score (nSPS) is 14.8. The van der Waals surface area contributed by atoms with Crippen LogP contribution in [0.5, 0.6) is 5.75 Å². The van der Waals surface area contributed by atoms with Crippen LogP contribution in [0, 0.1) is 0 Å². The fourth-order valence-electron chi connectivity index (χ4n) is 2.30. The third kappa shape index (κ3) is 2.87. The Morgan fingerprint density at radius 2 is 2.20 bits per heavy atom. The van der Waals surface area contributed by atoms with E-state index in [1.807, 2.05) is 0 Å². The van der Waals surface area contributed by atoms with Crippen LogP contribution in [0.2, 0.25) is 0 Å². The molecule has 6 nitrogen and oxygen atoms in total. The molecule has 1 aromatic carbocycles. The number of fused-ring (bicyclic) bond motifs is 1. The second-order valence-corrected chi connectivity index (χ2v) is 6.42. The number of carbonyl (C=O) groups is 1. The highest BCUT2D eigenvalue weighted by molar-refractivity contribution is 7.93. The second-order valence-electron chi connectivity index (χ2n) is 4.52. The number of hydrogen-bond acceptors (Lipinski definition) is 5. The predicted octanol–water partition coefficient (Wildman–Crippen LogP) is 1.04. The standard InChI is InChI=1S/C13H17NO5S/c1-2-19-12(16)9-20(17,18)14-8-4-6-10-5-3-7-11(15)13(10)14/h3,5,7,15H,2,4,6,8-9H2,1H3. The van der Waals surface area contributed by atoms with E-state index in [0.29, 0.717) is 12.8 Å². The maximum absolute atomic E-state index is 12.3. The Morgan fingerprint density at radius 3 is 2.90 bits per heavy atom. The maximum atomic E-state index is 12.3. The van der Waals surface area contributed by atoms with E-state index in [1.165, 1.54) is 6.07 Å². The van der Waals surface area contributed by atoms with Gasteiger partial charge in [0.05, 0.1) is 12.3 Å². The summed E-state index contributed by atoms with van der Waals surface area (Å²) in [7, 11) is -3.84. The van der Waals surface area contributed by atoms with Crippen LogP contribution in [-0.4, -0.2) is 38.4 Å². The Bertz CT molecular complexity index is 611. The zero-order valence-corrected chi connectivity index (χ0v) is 12.0. The van der Waals surface area contributed by atoms with Gasteiger partial charge in [-0.3, -0.25) is 9.10 Å². The Balaban J connectivity index is 2.33. The summed E-state index contributed by atoms with van der Waals surface area (Å²) in [5.74, 6) is -1.58. The summed E-state index contributed by atoms with van der Waals surface area (Å²) in [6.07, 6.45) is 1.35. The largest absolute Gasteiger partial charge is 0.506 e. The first kappa shape index (κ1) is 14.6. The lowest BCUT2D eigenvalue weighted by Crippen LogP contribution is -2.39. The van der Waals surface area contributed by atoms with Gasteiger partial charge >= 0.3 is 5.97 Å². The molecular weight excluding hydrogens is 282 g/mol. The fraction of sp³-hybridized carbons (Fsp3) is 0.462. The number of aromatic hydroxyl groups is 1. The molecule has 20 heavy (non-hydrogen) atoms. The molecule has 0 fully saturated rings. The highest BCUT2D eigenvalue weighted by Crippen LogP contribution is 2.37. The number of esters is 1. The van der Waals surface area contributed by atoms with Crippen molar-refractivity contribution in [2.24, 2.45) is 0 Å². The average Bonchev–Trinajstić information content (AvgIpc) is 2.38. The van der Waals surface area contributed by atoms with Crippen LogP contribution in [0.1, 0.15) is 18.9 Å². The summed E-state index contributed by atoms with van der Waals surface area (Å²) in [6, 6.07) is 4.90. The van der Waals surface area contributed by atoms with E-state index in [0.717, 1.165) is 9.87 Å². The van der Waals surface area contributed by atoms with Crippen molar-refractivity contribution >= 4 is 21.7 Å². The Hall–Kier alpha value is -1.76. The van der Waals surface area contributed by atoms with Gasteiger partial charge in [-0.15, -0.1) is 0 Å². The number of ether oxygens (including phenoxy) is 1. The molecule has 1 heterocycles. The van der Waals surface area contributed by atoms with Crippen LogP contribution >= 0.6 is 0 Å². The Kier molecular flexibility index (Phi) is 4.17. The number of benzene rings is 1. The van der Waals surface area contributed by atoms with Crippen molar-refractivity contribution in [3.05, 3.63) is 23.8 Å². The number of rotatable bonds is 4. The molecule has 0 spiro atoms.